The molecule has 0 saturated carbocycles. The molecule has 1 aliphatic rings. The van der Waals surface area contributed by atoms with E-state index in [0.717, 1.165) is 42.6 Å². The number of fused-ring (bicyclic) bond motifs is 1. The van der Waals surface area contributed by atoms with E-state index < -0.39 is 0 Å². The summed E-state index contributed by atoms with van der Waals surface area (Å²) in [5, 5.41) is 6.35. The van der Waals surface area contributed by atoms with Gasteiger partial charge < -0.3 is 10.6 Å². The van der Waals surface area contributed by atoms with Crippen LogP contribution in [-0.2, 0) is 6.42 Å². The lowest BCUT2D eigenvalue weighted by molar-refractivity contribution is 0.0939. The number of rotatable bonds is 4. The Hall–Kier alpha value is -1.77. The highest BCUT2D eigenvalue weighted by molar-refractivity contribution is 5.97. The molecule has 1 aromatic carbocycles. The first-order chi connectivity index (χ1) is 8.72. The Morgan fingerprint density at radius 1 is 1.61 bits per heavy atom. The summed E-state index contributed by atoms with van der Waals surface area (Å²) in [7, 11) is 0. The molecule has 96 valence electrons. The fourth-order valence-corrected chi connectivity index (χ4v) is 2.33. The van der Waals surface area contributed by atoms with Crippen molar-refractivity contribution in [2.75, 3.05) is 11.9 Å². The summed E-state index contributed by atoms with van der Waals surface area (Å²) in [5.74, 6) is 0.0184. The van der Waals surface area contributed by atoms with Gasteiger partial charge in [-0.05, 0) is 43.9 Å². The van der Waals surface area contributed by atoms with Crippen LogP contribution in [-0.4, -0.2) is 18.5 Å². The lowest BCUT2D eigenvalue weighted by atomic mass is 9.97. The van der Waals surface area contributed by atoms with Gasteiger partial charge in [-0.25, -0.2) is 0 Å². The second kappa shape index (κ2) is 5.71. The third-order valence-electron chi connectivity index (χ3n) is 3.24. The second-order valence-corrected chi connectivity index (χ2v) is 4.76. The lowest BCUT2D eigenvalue weighted by Gasteiger charge is -2.21. The molecular weight excluding hydrogens is 224 g/mol. The van der Waals surface area contributed by atoms with Gasteiger partial charge in [-0.3, -0.25) is 4.79 Å². The van der Waals surface area contributed by atoms with Crippen LogP contribution in [0, 0.1) is 0 Å². The van der Waals surface area contributed by atoms with Gasteiger partial charge in [0.1, 0.15) is 0 Å². The van der Waals surface area contributed by atoms with Crippen LogP contribution in [0.1, 0.15) is 35.7 Å². The molecule has 1 amide bonds. The molecule has 2 rings (SSSR count). The Labute approximate surface area is 108 Å². The number of benzene rings is 1. The van der Waals surface area contributed by atoms with E-state index >= 15 is 0 Å². The molecule has 1 aromatic rings. The minimum absolute atomic E-state index is 0.0184. The predicted molar refractivity (Wildman–Crippen MR) is 75.0 cm³/mol. The molecule has 0 saturated heterocycles. The first-order valence-corrected chi connectivity index (χ1v) is 6.50. The van der Waals surface area contributed by atoms with Crippen molar-refractivity contribution in [1.82, 2.24) is 5.32 Å². The molecule has 0 aliphatic carbocycles. The summed E-state index contributed by atoms with van der Waals surface area (Å²) >= 11 is 0. The molecule has 1 aliphatic heterocycles. The number of carbonyl (C=O) groups excluding carboxylic acids is 1. The van der Waals surface area contributed by atoms with E-state index in [-0.39, 0.29) is 11.9 Å². The Morgan fingerprint density at radius 3 is 3.22 bits per heavy atom. The Morgan fingerprint density at radius 2 is 2.44 bits per heavy atom. The van der Waals surface area contributed by atoms with Gasteiger partial charge in [0.25, 0.3) is 5.91 Å². The molecule has 0 fully saturated rings. The van der Waals surface area contributed by atoms with Crippen molar-refractivity contribution in [1.29, 1.82) is 0 Å². The summed E-state index contributed by atoms with van der Waals surface area (Å²) < 4.78 is 0. The van der Waals surface area contributed by atoms with E-state index in [0.29, 0.717) is 0 Å². The normalized spacial score (nSPS) is 15.2. The summed E-state index contributed by atoms with van der Waals surface area (Å²) in [6.45, 7) is 6.67. The van der Waals surface area contributed by atoms with Crippen LogP contribution in [0.15, 0.2) is 30.9 Å². The maximum atomic E-state index is 12.2. The smallest absolute Gasteiger partial charge is 0.251 e. The molecule has 1 atom stereocenters. The van der Waals surface area contributed by atoms with E-state index in [1.54, 1.807) is 0 Å². The van der Waals surface area contributed by atoms with Crippen LogP contribution in [0.5, 0.6) is 0 Å². The second-order valence-electron chi connectivity index (χ2n) is 4.76. The van der Waals surface area contributed by atoms with Crippen LogP contribution < -0.4 is 10.6 Å². The Balaban J connectivity index is 2.17. The fraction of sp³-hybridized carbons (Fsp3) is 0.400. The average molecular weight is 244 g/mol. The Bertz CT molecular complexity index is 454. The molecule has 2 N–H and O–H groups in total. The maximum absolute atomic E-state index is 12.2. The summed E-state index contributed by atoms with van der Waals surface area (Å²) in [6.07, 6.45) is 4.67. The number of amides is 1. The van der Waals surface area contributed by atoms with E-state index in [4.69, 9.17) is 0 Å². The quantitative estimate of drug-likeness (QED) is 0.800. The standard InChI is InChI=1S/C15H20N2O/c1-3-6-11(2)17-15(18)13-7-4-9-14-12(13)8-5-10-16-14/h3-4,7,9,11,16H,1,5-6,8,10H2,2H3,(H,17,18). The first kappa shape index (κ1) is 12.7. The third kappa shape index (κ3) is 2.73. The number of carbonyl (C=O) groups is 1. The van der Waals surface area contributed by atoms with E-state index in [2.05, 4.69) is 17.2 Å². The predicted octanol–water partition coefficient (Wildman–Crippen LogP) is 2.74. The van der Waals surface area contributed by atoms with Gasteiger partial charge in [0.2, 0.25) is 0 Å². The van der Waals surface area contributed by atoms with Crippen molar-refractivity contribution in [3.05, 3.63) is 42.0 Å². The SMILES string of the molecule is C=CCC(C)NC(=O)c1cccc2c1CCCN2. The lowest BCUT2D eigenvalue weighted by Crippen LogP contribution is -2.33. The molecule has 0 bridgehead atoms. The molecule has 3 heteroatoms. The molecule has 0 aromatic heterocycles. The fourth-order valence-electron chi connectivity index (χ4n) is 2.33. The van der Waals surface area contributed by atoms with Crippen LogP contribution >= 0.6 is 0 Å². The van der Waals surface area contributed by atoms with Crippen molar-refractivity contribution in [3.8, 4) is 0 Å². The van der Waals surface area contributed by atoms with Crippen LogP contribution in [0.2, 0.25) is 0 Å². The van der Waals surface area contributed by atoms with Crippen molar-refractivity contribution in [2.45, 2.75) is 32.2 Å². The van der Waals surface area contributed by atoms with Gasteiger partial charge in [0.05, 0.1) is 0 Å². The molecule has 1 unspecified atom stereocenters. The maximum Gasteiger partial charge on any atom is 0.251 e. The van der Waals surface area contributed by atoms with E-state index in [1.807, 2.05) is 31.2 Å². The molecule has 18 heavy (non-hydrogen) atoms. The summed E-state index contributed by atoms with van der Waals surface area (Å²) in [5.41, 5.74) is 3.05. The van der Waals surface area contributed by atoms with Crippen molar-refractivity contribution < 1.29 is 4.79 Å². The average Bonchev–Trinajstić information content (AvgIpc) is 2.38. The highest BCUT2D eigenvalue weighted by Gasteiger charge is 2.17. The van der Waals surface area contributed by atoms with Gasteiger partial charge >= 0.3 is 0 Å². The monoisotopic (exact) mass is 244 g/mol. The van der Waals surface area contributed by atoms with Crippen molar-refractivity contribution in [2.24, 2.45) is 0 Å². The zero-order chi connectivity index (χ0) is 13.0. The molecule has 1 heterocycles. The molecule has 0 spiro atoms. The number of hydrogen-bond acceptors (Lipinski definition) is 2. The topological polar surface area (TPSA) is 41.1 Å². The van der Waals surface area contributed by atoms with Crippen molar-refractivity contribution >= 4 is 11.6 Å². The van der Waals surface area contributed by atoms with Crippen LogP contribution in [0.4, 0.5) is 5.69 Å². The van der Waals surface area contributed by atoms with E-state index in [9.17, 15) is 4.79 Å². The molecule has 3 nitrogen and oxygen atoms in total. The van der Waals surface area contributed by atoms with Gasteiger partial charge in [0, 0.05) is 23.8 Å². The van der Waals surface area contributed by atoms with Gasteiger partial charge in [0.15, 0.2) is 0 Å². The van der Waals surface area contributed by atoms with Gasteiger partial charge in [-0.2, -0.15) is 0 Å². The summed E-state index contributed by atoms with van der Waals surface area (Å²) in [4.78, 5) is 12.2. The Kier molecular flexibility index (Phi) is 4.03. The minimum Gasteiger partial charge on any atom is -0.385 e. The van der Waals surface area contributed by atoms with Gasteiger partial charge in [-0.15, -0.1) is 6.58 Å². The minimum atomic E-state index is 0.0184. The van der Waals surface area contributed by atoms with Crippen LogP contribution in [0.25, 0.3) is 0 Å². The highest BCUT2D eigenvalue weighted by atomic mass is 16.1. The third-order valence-corrected chi connectivity index (χ3v) is 3.24. The largest absolute Gasteiger partial charge is 0.385 e. The van der Waals surface area contributed by atoms with Crippen LogP contribution in [0.3, 0.4) is 0 Å². The zero-order valence-corrected chi connectivity index (χ0v) is 10.8. The number of anilines is 1. The zero-order valence-electron chi connectivity index (χ0n) is 10.8. The number of hydrogen-bond donors (Lipinski definition) is 2. The molecule has 0 radical (unpaired) electrons. The summed E-state index contributed by atoms with van der Waals surface area (Å²) in [6, 6.07) is 6.01. The first-order valence-electron chi connectivity index (χ1n) is 6.50. The number of nitrogens with one attached hydrogen (secondary N) is 2. The van der Waals surface area contributed by atoms with E-state index in [1.165, 1.54) is 0 Å². The molecular formula is C15H20N2O. The van der Waals surface area contributed by atoms with Crippen molar-refractivity contribution in [3.63, 3.8) is 0 Å². The van der Waals surface area contributed by atoms with Gasteiger partial charge in [-0.1, -0.05) is 12.1 Å². The highest BCUT2D eigenvalue weighted by Crippen LogP contribution is 2.25.